The molecule has 0 saturated carbocycles. The molecular formula is C19H29NO9S2. The third-order valence-corrected chi connectivity index (χ3v) is 5.81. The van der Waals surface area contributed by atoms with Gasteiger partial charge < -0.3 is 28.6 Å². The van der Waals surface area contributed by atoms with Crippen LogP contribution in [0, 0.1) is 0 Å². The molecule has 31 heavy (non-hydrogen) atoms. The summed E-state index contributed by atoms with van der Waals surface area (Å²) in [5, 5.41) is 0. The molecule has 0 aliphatic carbocycles. The van der Waals surface area contributed by atoms with Crippen molar-refractivity contribution in [3.8, 4) is 0 Å². The first kappa shape index (κ1) is 27.1. The number of thiocarbonyl (C=S) groups is 1. The van der Waals surface area contributed by atoms with Gasteiger partial charge in [0.2, 0.25) is 0 Å². The zero-order valence-corrected chi connectivity index (χ0v) is 20.1. The Hall–Kier alpha value is -1.92. The lowest BCUT2D eigenvalue weighted by atomic mass is 9.99. The number of thioether (sulfide) groups is 1. The number of carbonyl (C=O) groups is 4. The highest BCUT2D eigenvalue weighted by Crippen LogP contribution is 2.35. The normalized spacial score (nSPS) is 25.2. The van der Waals surface area contributed by atoms with Gasteiger partial charge in [0.05, 0.1) is 0 Å². The number of rotatable bonds is 8. The summed E-state index contributed by atoms with van der Waals surface area (Å²) in [4.78, 5) is 48.6. The van der Waals surface area contributed by atoms with Gasteiger partial charge in [-0.2, -0.15) is 0 Å². The van der Waals surface area contributed by atoms with Crippen LogP contribution in [0.15, 0.2) is 0 Å². The Balaban J connectivity index is 3.35. The lowest BCUT2D eigenvalue weighted by molar-refractivity contribution is -0.237. The van der Waals surface area contributed by atoms with Crippen molar-refractivity contribution in [3.05, 3.63) is 0 Å². The van der Waals surface area contributed by atoms with Gasteiger partial charge in [-0.15, -0.1) is 0 Å². The third-order valence-electron chi connectivity index (χ3n) is 4.19. The van der Waals surface area contributed by atoms with Gasteiger partial charge in [0.25, 0.3) is 0 Å². The zero-order valence-electron chi connectivity index (χ0n) is 18.4. The quantitative estimate of drug-likeness (QED) is 0.285. The Labute approximate surface area is 191 Å². The average Bonchev–Trinajstić information content (AvgIpc) is 2.64. The molecule has 1 fully saturated rings. The highest BCUT2D eigenvalue weighted by molar-refractivity contribution is 8.23. The molecule has 1 saturated heterocycles. The standard InChI is InChI=1S/C19H29NO9S2/c1-7-20(8-2)19(30)31-18-17(28-13(6)24)16(27-12(5)23)15(26-11(4)22)14(29-18)9-25-10(3)21/h14-18H,7-9H2,1-6H3/t14-,15+,16-,17-,18+/m1/s1. The van der Waals surface area contributed by atoms with Crippen molar-refractivity contribution in [3.63, 3.8) is 0 Å². The van der Waals surface area contributed by atoms with E-state index in [0.717, 1.165) is 11.8 Å². The SMILES string of the molecule is CCN(CC)C(=S)S[C@@H]1O[C@H](COC(C)=O)[C@H](OC(C)=O)[C@@H](OC(C)=O)[C@H]1OC(C)=O. The van der Waals surface area contributed by atoms with E-state index in [9.17, 15) is 19.2 Å². The summed E-state index contributed by atoms with van der Waals surface area (Å²) in [5.74, 6) is -2.57. The van der Waals surface area contributed by atoms with Crippen LogP contribution in [0.3, 0.4) is 0 Å². The lowest BCUT2D eigenvalue weighted by Crippen LogP contribution is -2.61. The average molecular weight is 480 g/mol. The van der Waals surface area contributed by atoms with Gasteiger partial charge in [0, 0.05) is 40.8 Å². The summed E-state index contributed by atoms with van der Waals surface area (Å²) in [6.07, 6.45) is -4.49. The first-order valence-electron chi connectivity index (χ1n) is 9.76. The van der Waals surface area contributed by atoms with Crippen molar-refractivity contribution >= 4 is 52.2 Å². The molecule has 1 rings (SSSR count). The Morgan fingerprint density at radius 1 is 0.839 bits per heavy atom. The van der Waals surface area contributed by atoms with Crippen LogP contribution in [0.25, 0.3) is 0 Å². The molecule has 0 aromatic rings. The van der Waals surface area contributed by atoms with Crippen LogP contribution in [0.5, 0.6) is 0 Å². The van der Waals surface area contributed by atoms with Crippen molar-refractivity contribution in [2.45, 2.75) is 71.4 Å². The van der Waals surface area contributed by atoms with Crippen molar-refractivity contribution in [2.75, 3.05) is 19.7 Å². The molecule has 0 unspecified atom stereocenters. The van der Waals surface area contributed by atoms with E-state index in [1.807, 2.05) is 18.7 Å². The van der Waals surface area contributed by atoms with E-state index in [1.54, 1.807) is 0 Å². The third kappa shape index (κ3) is 8.62. The molecule has 0 aromatic carbocycles. The molecule has 0 amide bonds. The topological polar surface area (TPSA) is 118 Å². The maximum Gasteiger partial charge on any atom is 0.303 e. The number of hydrogen-bond donors (Lipinski definition) is 0. The van der Waals surface area contributed by atoms with Crippen molar-refractivity contribution in [2.24, 2.45) is 0 Å². The number of esters is 4. The van der Waals surface area contributed by atoms with Crippen LogP contribution in [-0.2, 0) is 42.9 Å². The number of carbonyl (C=O) groups excluding carboxylic acids is 4. The highest BCUT2D eigenvalue weighted by Gasteiger charge is 2.52. The summed E-state index contributed by atoms with van der Waals surface area (Å²) >= 11 is 6.59. The molecule has 1 heterocycles. The highest BCUT2D eigenvalue weighted by atomic mass is 32.2. The van der Waals surface area contributed by atoms with E-state index in [2.05, 4.69) is 0 Å². The van der Waals surface area contributed by atoms with Crippen LogP contribution in [0.4, 0.5) is 0 Å². The van der Waals surface area contributed by atoms with E-state index in [0.29, 0.717) is 17.4 Å². The lowest BCUT2D eigenvalue weighted by Gasteiger charge is -2.44. The fraction of sp³-hybridized carbons (Fsp3) is 0.737. The van der Waals surface area contributed by atoms with Crippen LogP contribution >= 0.6 is 24.0 Å². The summed E-state index contributed by atoms with van der Waals surface area (Å²) in [6, 6.07) is 0. The Morgan fingerprint density at radius 3 is 1.77 bits per heavy atom. The minimum atomic E-state index is -1.20. The molecule has 0 N–H and O–H groups in total. The van der Waals surface area contributed by atoms with E-state index in [-0.39, 0.29) is 6.61 Å². The van der Waals surface area contributed by atoms with E-state index >= 15 is 0 Å². The monoisotopic (exact) mass is 479 g/mol. The van der Waals surface area contributed by atoms with Gasteiger partial charge in [0.1, 0.15) is 17.0 Å². The molecule has 5 atom stereocenters. The van der Waals surface area contributed by atoms with Gasteiger partial charge in [-0.3, -0.25) is 19.2 Å². The molecule has 1 aliphatic rings. The van der Waals surface area contributed by atoms with Crippen LogP contribution < -0.4 is 0 Å². The number of nitrogens with zero attached hydrogens (tertiary/aromatic N) is 1. The van der Waals surface area contributed by atoms with Crippen LogP contribution in [0.1, 0.15) is 41.5 Å². The zero-order chi connectivity index (χ0) is 23.7. The smallest absolute Gasteiger partial charge is 0.303 e. The second kappa shape index (κ2) is 12.8. The fourth-order valence-corrected chi connectivity index (χ4v) is 4.63. The minimum Gasteiger partial charge on any atom is -0.463 e. The van der Waals surface area contributed by atoms with Crippen molar-refractivity contribution in [1.29, 1.82) is 0 Å². The first-order valence-corrected chi connectivity index (χ1v) is 11.0. The van der Waals surface area contributed by atoms with Crippen molar-refractivity contribution in [1.82, 2.24) is 4.90 Å². The second-order valence-corrected chi connectivity index (χ2v) is 8.36. The molecule has 10 nitrogen and oxygen atoms in total. The maximum atomic E-state index is 11.8. The maximum absolute atomic E-state index is 11.8. The molecule has 0 aromatic heterocycles. The van der Waals surface area contributed by atoms with Gasteiger partial charge in [0.15, 0.2) is 23.7 Å². The molecule has 0 radical (unpaired) electrons. The van der Waals surface area contributed by atoms with Crippen LogP contribution in [0.2, 0.25) is 0 Å². The molecule has 0 spiro atoms. The molecule has 12 heteroatoms. The molecule has 176 valence electrons. The first-order chi connectivity index (χ1) is 14.5. The molecule has 0 bridgehead atoms. The molecular weight excluding hydrogens is 450 g/mol. The Kier molecular flexibility index (Phi) is 11.2. The predicted molar refractivity (Wildman–Crippen MR) is 115 cm³/mol. The van der Waals surface area contributed by atoms with E-state index in [1.165, 1.54) is 27.7 Å². The van der Waals surface area contributed by atoms with Gasteiger partial charge >= 0.3 is 23.9 Å². The Morgan fingerprint density at radius 2 is 1.32 bits per heavy atom. The minimum absolute atomic E-state index is 0.271. The second-order valence-electron chi connectivity index (χ2n) is 6.62. The van der Waals surface area contributed by atoms with Gasteiger partial charge in [-0.05, 0) is 13.8 Å². The van der Waals surface area contributed by atoms with Gasteiger partial charge in [-0.25, -0.2) is 0 Å². The van der Waals surface area contributed by atoms with Crippen LogP contribution in [-0.4, -0.2) is 82.6 Å². The van der Waals surface area contributed by atoms with Crippen molar-refractivity contribution < 1.29 is 42.9 Å². The summed E-state index contributed by atoms with van der Waals surface area (Å²) in [5.41, 5.74) is -0.909. The largest absolute Gasteiger partial charge is 0.463 e. The number of hydrogen-bond acceptors (Lipinski definition) is 11. The predicted octanol–water partition coefficient (Wildman–Crippen LogP) is 1.43. The fourth-order valence-electron chi connectivity index (χ4n) is 2.94. The number of ether oxygens (including phenoxy) is 5. The summed E-state index contributed by atoms with van der Waals surface area (Å²) in [6.45, 7) is 9.65. The van der Waals surface area contributed by atoms with Gasteiger partial charge in [-0.1, -0.05) is 24.0 Å². The Bertz CT molecular complexity index is 683. The van der Waals surface area contributed by atoms with E-state index in [4.69, 9.17) is 35.9 Å². The van der Waals surface area contributed by atoms with E-state index < -0.39 is 53.7 Å². The summed E-state index contributed by atoms with van der Waals surface area (Å²) in [7, 11) is 0. The summed E-state index contributed by atoms with van der Waals surface area (Å²) < 4.78 is 27.7. The molecule has 1 aliphatic heterocycles.